The SMILES string of the molecule is CNC(=O)c1cccc(NC(=O)C2CCCN(S(=O)(=O)c3ccccc3)C2)c1C. The smallest absolute Gasteiger partial charge is 0.251 e. The lowest BCUT2D eigenvalue weighted by molar-refractivity contribution is -0.120. The van der Waals surface area contributed by atoms with E-state index in [9.17, 15) is 18.0 Å². The molecule has 2 N–H and O–H groups in total. The number of amides is 2. The second-order valence-electron chi connectivity index (χ2n) is 7.06. The first-order valence-electron chi connectivity index (χ1n) is 9.52. The van der Waals surface area contributed by atoms with E-state index in [0.29, 0.717) is 36.2 Å². The molecule has 8 heteroatoms. The van der Waals surface area contributed by atoms with Crippen molar-refractivity contribution in [3.63, 3.8) is 0 Å². The Bertz CT molecular complexity index is 1010. The third-order valence-corrected chi connectivity index (χ3v) is 7.08. The lowest BCUT2D eigenvalue weighted by Gasteiger charge is -2.31. The van der Waals surface area contributed by atoms with Crippen LogP contribution in [0.25, 0.3) is 0 Å². The summed E-state index contributed by atoms with van der Waals surface area (Å²) in [6.07, 6.45) is 1.22. The molecule has 0 saturated carbocycles. The van der Waals surface area contributed by atoms with Crippen LogP contribution in [-0.2, 0) is 14.8 Å². The van der Waals surface area contributed by atoms with Gasteiger partial charge in [0.1, 0.15) is 0 Å². The molecule has 1 atom stereocenters. The van der Waals surface area contributed by atoms with Crippen LogP contribution >= 0.6 is 0 Å². The van der Waals surface area contributed by atoms with Gasteiger partial charge in [-0.3, -0.25) is 9.59 Å². The number of carbonyl (C=O) groups excluding carboxylic acids is 2. The van der Waals surface area contributed by atoms with Crippen molar-refractivity contribution in [3.8, 4) is 0 Å². The van der Waals surface area contributed by atoms with Crippen LogP contribution in [0.5, 0.6) is 0 Å². The molecule has 2 amide bonds. The van der Waals surface area contributed by atoms with E-state index in [4.69, 9.17) is 0 Å². The molecule has 3 rings (SSSR count). The van der Waals surface area contributed by atoms with Gasteiger partial charge in [0.25, 0.3) is 5.91 Å². The second kappa shape index (κ2) is 8.75. The van der Waals surface area contributed by atoms with Crippen molar-refractivity contribution in [2.45, 2.75) is 24.7 Å². The van der Waals surface area contributed by atoms with E-state index < -0.39 is 15.9 Å². The molecule has 0 aliphatic carbocycles. The highest BCUT2D eigenvalue weighted by Gasteiger charge is 2.33. The largest absolute Gasteiger partial charge is 0.355 e. The maximum absolute atomic E-state index is 12.9. The Kier molecular flexibility index (Phi) is 6.34. The zero-order chi connectivity index (χ0) is 21.0. The van der Waals surface area contributed by atoms with Crippen molar-refractivity contribution < 1.29 is 18.0 Å². The number of rotatable bonds is 5. The van der Waals surface area contributed by atoms with Gasteiger partial charge in [0.2, 0.25) is 15.9 Å². The molecule has 154 valence electrons. The van der Waals surface area contributed by atoms with E-state index >= 15 is 0 Å². The average molecular weight is 416 g/mol. The maximum atomic E-state index is 12.9. The first-order chi connectivity index (χ1) is 13.8. The Hall–Kier alpha value is -2.71. The van der Waals surface area contributed by atoms with Gasteiger partial charge >= 0.3 is 0 Å². The van der Waals surface area contributed by atoms with Gasteiger partial charge in [0, 0.05) is 31.4 Å². The molecule has 0 aromatic heterocycles. The van der Waals surface area contributed by atoms with Gasteiger partial charge in [0.05, 0.1) is 10.8 Å². The van der Waals surface area contributed by atoms with Crippen LogP contribution in [0.4, 0.5) is 5.69 Å². The molecule has 2 aromatic carbocycles. The quantitative estimate of drug-likeness (QED) is 0.784. The number of piperidine rings is 1. The van der Waals surface area contributed by atoms with E-state index in [0.717, 1.165) is 0 Å². The fraction of sp³-hybridized carbons (Fsp3) is 0.333. The summed E-state index contributed by atoms with van der Waals surface area (Å²) in [5.41, 5.74) is 1.71. The van der Waals surface area contributed by atoms with Gasteiger partial charge in [-0.1, -0.05) is 24.3 Å². The molecule has 2 aromatic rings. The first kappa shape index (κ1) is 21.0. The molecule has 0 bridgehead atoms. The molecule has 1 saturated heterocycles. The molecule has 1 fully saturated rings. The normalized spacial score (nSPS) is 17.5. The monoisotopic (exact) mass is 415 g/mol. The summed E-state index contributed by atoms with van der Waals surface area (Å²) in [4.78, 5) is 25.0. The van der Waals surface area contributed by atoms with Crippen molar-refractivity contribution in [1.82, 2.24) is 9.62 Å². The molecule has 1 aliphatic heterocycles. The number of nitrogens with zero attached hydrogens (tertiary/aromatic N) is 1. The topological polar surface area (TPSA) is 95.6 Å². The standard InChI is InChI=1S/C21H25N3O4S/c1-15-18(21(26)22-2)11-6-12-19(15)23-20(25)16-8-7-13-24(14-16)29(27,28)17-9-4-3-5-10-17/h3-6,9-12,16H,7-8,13-14H2,1-2H3,(H,22,26)(H,23,25). The zero-order valence-electron chi connectivity index (χ0n) is 16.5. The molecule has 0 radical (unpaired) electrons. The van der Waals surface area contributed by atoms with Crippen LogP contribution < -0.4 is 10.6 Å². The van der Waals surface area contributed by atoms with Crippen molar-refractivity contribution in [2.24, 2.45) is 5.92 Å². The molecule has 29 heavy (non-hydrogen) atoms. The van der Waals surface area contributed by atoms with Crippen LogP contribution in [0, 0.1) is 12.8 Å². The summed E-state index contributed by atoms with van der Waals surface area (Å²) in [6, 6.07) is 13.4. The molecular formula is C21H25N3O4S. The Morgan fingerprint density at radius 1 is 1.07 bits per heavy atom. The summed E-state index contributed by atoms with van der Waals surface area (Å²) in [5, 5.41) is 5.45. The molecule has 0 spiro atoms. The number of hydrogen-bond donors (Lipinski definition) is 2. The number of benzene rings is 2. The molecule has 1 aliphatic rings. The number of carbonyl (C=O) groups is 2. The summed E-state index contributed by atoms with van der Waals surface area (Å²) in [6.45, 7) is 2.30. The molecule has 1 unspecified atom stereocenters. The van der Waals surface area contributed by atoms with Crippen LogP contribution in [0.3, 0.4) is 0 Å². The van der Waals surface area contributed by atoms with Crippen molar-refractivity contribution >= 4 is 27.5 Å². The van der Waals surface area contributed by atoms with Gasteiger partial charge in [-0.05, 0) is 49.6 Å². The van der Waals surface area contributed by atoms with E-state index in [2.05, 4.69) is 10.6 Å². The lowest BCUT2D eigenvalue weighted by Crippen LogP contribution is -2.43. The summed E-state index contributed by atoms with van der Waals surface area (Å²) < 4.78 is 27.1. The zero-order valence-corrected chi connectivity index (χ0v) is 17.3. The van der Waals surface area contributed by atoms with Crippen molar-refractivity contribution in [3.05, 3.63) is 59.7 Å². The summed E-state index contributed by atoms with van der Waals surface area (Å²) in [7, 11) is -2.08. The third kappa shape index (κ3) is 4.49. The third-order valence-electron chi connectivity index (χ3n) is 5.20. The lowest BCUT2D eigenvalue weighted by atomic mass is 9.98. The van der Waals surface area contributed by atoms with E-state index in [1.165, 1.54) is 4.31 Å². The maximum Gasteiger partial charge on any atom is 0.251 e. The van der Waals surface area contributed by atoms with Gasteiger partial charge in [-0.2, -0.15) is 4.31 Å². The van der Waals surface area contributed by atoms with Gasteiger partial charge in [-0.15, -0.1) is 0 Å². The van der Waals surface area contributed by atoms with Gasteiger partial charge < -0.3 is 10.6 Å². The average Bonchev–Trinajstić information content (AvgIpc) is 2.75. The minimum Gasteiger partial charge on any atom is -0.355 e. The van der Waals surface area contributed by atoms with E-state index in [-0.39, 0.29) is 23.3 Å². The highest BCUT2D eigenvalue weighted by molar-refractivity contribution is 7.89. The molecule has 1 heterocycles. The van der Waals surface area contributed by atoms with Crippen molar-refractivity contribution in [2.75, 3.05) is 25.5 Å². The highest BCUT2D eigenvalue weighted by Crippen LogP contribution is 2.26. The minimum atomic E-state index is -3.63. The van der Waals surface area contributed by atoms with Crippen molar-refractivity contribution in [1.29, 1.82) is 0 Å². The summed E-state index contributed by atoms with van der Waals surface area (Å²) >= 11 is 0. The van der Waals surface area contributed by atoms with E-state index in [1.54, 1.807) is 62.5 Å². The van der Waals surface area contributed by atoms with Crippen LogP contribution in [-0.4, -0.2) is 44.7 Å². The predicted octanol–water partition coefficient (Wildman–Crippen LogP) is 2.39. The van der Waals surface area contributed by atoms with Crippen LogP contribution in [0.2, 0.25) is 0 Å². The number of anilines is 1. The summed E-state index contributed by atoms with van der Waals surface area (Å²) in [5.74, 6) is -0.920. The number of sulfonamides is 1. The second-order valence-corrected chi connectivity index (χ2v) is 9.00. The Labute approximate surface area is 171 Å². The fourth-order valence-corrected chi connectivity index (χ4v) is 5.05. The van der Waals surface area contributed by atoms with E-state index in [1.807, 2.05) is 0 Å². The highest BCUT2D eigenvalue weighted by atomic mass is 32.2. The minimum absolute atomic E-state index is 0.136. The first-order valence-corrected chi connectivity index (χ1v) is 11.0. The Balaban J connectivity index is 1.75. The number of hydrogen-bond acceptors (Lipinski definition) is 4. The van der Waals surface area contributed by atoms with Gasteiger partial charge in [-0.25, -0.2) is 8.42 Å². The Morgan fingerprint density at radius 3 is 2.48 bits per heavy atom. The number of nitrogens with one attached hydrogen (secondary N) is 2. The molecular weight excluding hydrogens is 390 g/mol. The van der Waals surface area contributed by atoms with Crippen LogP contribution in [0.15, 0.2) is 53.4 Å². The Morgan fingerprint density at radius 2 is 1.79 bits per heavy atom. The fourth-order valence-electron chi connectivity index (χ4n) is 3.50. The molecule has 7 nitrogen and oxygen atoms in total. The predicted molar refractivity (Wildman–Crippen MR) is 111 cm³/mol. The van der Waals surface area contributed by atoms with Gasteiger partial charge in [0.15, 0.2) is 0 Å². The van der Waals surface area contributed by atoms with Crippen LogP contribution in [0.1, 0.15) is 28.8 Å².